The summed E-state index contributed by atoms with van der Waals surface area (Å²) in [6.45, 7) is 2.13. The molecule has 0 bridgehead atoms. The molecule has 2 heterocycles. The summed E-state index contributed by atoms with van der Waals surface area (Å²) in [5.74, 6) is -1.70. The molecule has 0 fully saturated rings. The Kier molecular flexibility index (Phi) is 5.02. The van der Waals surface area contributed by atoms with Crippen LogP contribution in [0.25, 0.3) is 0 Å². The number of imidazole rings is 1. The van der Waals surface area contributed by atoms with Crippen molar-refractivity contribution in [1.82, 2.24) is 14.5 Å². The Morgan fingerprint density at radius 2 is 2.15 bits per heavy atom. The van der Waals surface area contributed by atoms with Gasteiger partial charge >= 0.3 is 0 Å². The number of Topliss-reactive ketones (excluding diaryl/α,β-unsaturated/α-hetero) is 1. The summed E-state index contributed by atoms with van der Waals surface area (Å²) in [6.07, 6.45) is 5.65. The van der Waals surface area contributed by atoms with Crippen LogP contribution in [0.2, 0.25) is 0 Å². The number of ketones is 1. The number of benzene rings is 1. The zero-order valence-electron chi connectivity index (χ0n) is 14.6. The van der Waals surface area contributed by atoms with Crippen molar-refractivity contribution in [2.45, 2.75) is 25.9 Å². The molecule has 1 atom stereocenters. The molecule has 0 unspecified atom stereocenters. The van der Waals surface area contributed by atoms with Gasteiger partial charge in [-0.25, -0.2) is 4.98 Å². The molecule has 0 saturated heterocycles. The summed E-state index contributed by atoms with van der Waals surface area (Å²) in [5, 5.41) is 21.3. The summed E-state index contributed by atoms with van der Waals surface area (Å²) in [5.41, 5.74) is 0.227. The van der Waals surface area contributed by atoms with Gasteiger partial charge in [0.25, 0.3) is 11.6 Å². The molecule has 1 aromatic carbocycles. The molecule has 0 spiro atoms. The number of rotatable bonds is 7. The van der Waals surface area contributed by atoms with Gasteiger partial charge in [0.05, 0.1) is 22.9 Å². The monoisotopic (exact) mass is 370 g/mol. The first-order valence-corrected chi connectivity index (χ1v) is 8.35. The number of non-ortho nitro benzene ring substituents is 1. The van der Waals surface area contributed by atoms with Crippen molar-refractivity contribution < 1.29 is 19.6 Å². The lowest BCUT2D eigenvalue weighted by Crippen LogP contribution is -2.32. The third kappa shape index (κ3) is 3.57. The van der Waals surface area contributed by atoms with Crippen LogP contribution in [0.1, 0.15) is 24.9 Å². The maximum absolute atomic E-state index is 12.5. The number of carbonyl (C=O) groups excluding carboxylic acids is 2. The van der Waals surface area contributed by atoms with Crippen LogP contribution in [-0.2, 0) is 16.1 Å². The molecule has 3 rings (SSSR count). The molecular weight excluding hydrogens is 352 g/mol. The number of nitrogens with zero attached hydrogens (tertiary/aromatic N) is 4. The van der Waals surface area contributed by atoms with Gasteiger partial charge in [-0.2, -0.15) is 0 Å². The first kappa shape index (κ1) is 18.3. The van der Waals surface area contributed by atoms with E-state index >= 15 is 0 Å². The van der Waals surface area contributed by atoms with Crippen LogP contribution < -0.4 is 0 Å². The van der Waals surface area contributed by atoms with Gasteiger partial charge in [-0.1, -0.05) is 12.1 Å². The van der Waals surface area contributed by atoms with E-state index in [9.17, 15) is 24.8 Å². The number of carbonyl (C=O) groups is 2. The van der Waals surface area contributed by atoms with Crippen molar-refractivity contribution >= 4 is 17.4 Å². The molecule has 0 aliphatic carbocycles. The molecule has 9 heteroatoms. The Labute approximate surface area is 154 Å². The van der Waals surface area contributed by atoms with E-state index in [1.165, 1.54) is 30.0 Å². The predicted molar refractivity (Wildman–Crippen MR) is 94.7 cm³/mol. The first-order chi connectivity index (χ1) is 12.9. The average molecular weight is 370 g/mol. The lowest BCUT2D eigenvalue weighted by atomic mass is 9.96. The lowest BCUT2D eigenvalue weighted by Gasteiger charge is -2.26. The number of hydrogen-bond donors (Lipinski definition) is 1. The van der Waals surface area contributed by atoms with Crippen molar-refractivity contribution in [3.8, 4) is 0 Å². The summed E-state index contributed by atoms with van der Waals surface area (Å²) < 4.78 is 1.85. The fraction of sp³-hybridized carbons (Fsp3) is 0.278. The van der Waals surface area contributed by atoms with E-state index in [1.54, 1.807) is 24.8 Å². The summed E-state index contributed by atoms with van der Waals surface area (Å²) in [4.78, 5) is 40.5. The van der Waals surface area contributed by atoms with E-state index in [4.69, 9.17) is 0 Å². The largest absolute Gasteiger partial charge is 0.503 e. The van der Waals surface area contributed by atoms with E-state index in [1.807, 2.05) is 4.57 Å². The maximum Gasteiger partial charge on any atom is 0.290 e. The SMILES string of the molecule is CC(=O)C1=C(O)C(=O)N(CCCn2ccnc2)[C@@H]1c1cccc([N+](=O)[O-])c1. The fourth-order valence-electron chi connectivity index (χ4n) is 3.24. The average Bonchev–Trinajstić information content (AvgIpc) is 3.23. The Morgan fingerprint density at radius 3 is 2.78 bits per heavy atom. The molecule has 1 aliphatic rings. The number of amides is 1. The van der Waals surface area contributed by atoms with Crippen molar-refractivity contribution in [3.63, 3.8) is 0 Å². The number of aromatic nitrogens is 2. The summed E-state index contributed by atoms with van der Waals surface area (Å²) >= 11 is 0. The van der Waals surface area contributed by atoms with Crippen LogP contribution in [0.15, 0.2) is 54.3 Å². The highest BCUT2D eigenvalue weighted by Crippen LogP contribution is 2.38. The molecule has 27 heavy (non-hydrogen) atoms. The molecule has 0 radical (unpaired) electrons. The van der Waals surface area contributed by atoms with E-state index in [-0.39, 0.29) is 17.8 Å². The third-order valence-electron chi connectivity index (χ3n) is 4.45. The highest BCUT2D eigenvalue weighted by Gasteiger charge is 2.42. The maximum atomic E-state index is 12.5. The Hall–Kier alpha value is -3.49. The van der Waals surface area contributed by atoms with Crippen LogP contribution in [0.3, 0.4) is 0 Å². The summed E-state index contributed by atoms with van der Waals surface area (Å²) in [7, 11) is 0. The third-order valence-corrected chi connectivity index (χ3v) is 4.45. The number of hydrogen-bond acceptors (Lipinski definition) is 6. The standard InChI is InChI=1S/C18H18N4O5/c1-12(23)15-16(13-4-2-5-14(10-13)22(26)27)21(18(25)17(15)24)8-3-7-20-9-6-19-11-20/h2,4-6,9-11,16,24H,3,7-8H2,1H3/t16-/m1/s1. The van der Waals surface area contributed by atoms with Crippen LogP contribution >= 0.6 is 0 Å². The summed E-state index contributed by atoms with van der Waals surface area (Å²) in [6, 6.07) is 4.91. The van der Waals surface area contributed by atoms with E-state index in [0.717, 1.165) is 0 Å². The van der Waals surface area contributed by atoms with E-state index < -0.39 is 28.4 Å². The van der Waals surface area contributed by atoms with Gasteiger partial charge in [0, 0.05) is 37.6 Å². The van der Waals surface area contributed by atoms with E-state index in [0.29, 0.717) is 18.5 Å². The zero-order chi connectivity index (χ0) is 19.6. The van der Waals surface area contributed by atoms with Crippen molar-refractivity contribution in [2.75, 3.05) is 6.54 Å². The molecule has 1 aromatic heterocycles. The second kappa shape index (κ2) is 7.40. The molecule has 1 amide bonds. The quantitative estimate of drug-likeness (QED) is 0.589. The van der Waals surface area contributed by atoms with Gasteiger partial charge in [-0.3, -0.25) is 19.7 Å². The Morgan fingerprint density at radius 1 is 1.37 bits per heavy atom. The highest BCUT2D eigenvalue weighted by molar-refractivity contribution is 6.08. The molecule has 1 aliphatic heterocycles. The number of aryl methyl sites for hydroxylation is 1. The molecule has 9 nitrogen and oxygen atoms in total. The topological polar surface area (TPSA) is 119 Å². The van der Waals surface area contributed by atoms with Gasteiger partial charge in [0.15, 0.2) is 11.5 Å². The minimum atomic E-state index is -0.849. The Balaban J connectivity index is 1.91. The van der Waals surface area contributed by atoms with Gasteiger partial charge < -0.3 is 14.6 Å². The zero-order valence-corrected chi connectivity index (χ0v) is 14.6. The molecule has 140 valence electrons. The highest BCUT2D eigenvalue weighted by atomic mass is 16.6. The van der Waals surface area contributed by atoms with Gasteiger partial charge in [-0.05, 0) is 18.9 Å². The van der Waals surface area contributed by atoms with Crippen molar-refractivity contribution in [2.24, 2.45) is 0 Å². The second-order valence-corrected chi connectivity index (χ2v) is 6.23. The molecular formula is C18H18N4O5. The smallest absolute Gasteiger partial charge is 0.290 e. The van der Waals surface area contributed by atoms with Gasteiger partial charge in [0.2, 0.25) is 0 Å². The second-order valence-electron chi connectivity index (χ2n) is 6.23. The number of aliphatic hydroxyl groups excluding tert-OH is 1. The normalized spacial score (nSPS) is 16.9. The van der Waals surface area contributed by atoms with Gasteiger partial charge in [-0.15, -0.1) is 0 Å². The van der Waals surface area contributed by atoms with Crippen molar-refractivity contribution in [3.05, 3.63) is 70.0 Å². The molecule has 0 saturated carbocycles. The number of nitro benzene ring substituents is 1. The van der Waals surface area contributed by atoms with Crippen LogP contribution in [0.5, 0.6) is 0 Å². The lowest BCUT2D eigenvalue weighted by molar-refractivity contribution is -0.384. The molecule has 2 aromatic rings. The number of aliphatic hydroxyl groups is 1. The van der Waals surface area contributed by atoms with Crippen molar-refractivity contribution in [1.29, 1.82) is 0 Å². The first-order valence-electron chi connectivity index (χ1n) is 8.35. The van der Waals surface area contributed by atoms with Crippen LogP contribution in [-0.4, -0.2) is 42.7 Å². The fourth-order valence-corrected chi connectivity index (χ4v) is 3.24. The minimum Gasteiger partial charge on any atom is -0.503 e. The predicted octanol–water partition coefficient (Wildman–Crippen LogP) is 2.17. The van der Waals surface area contributed by atoms with Crippen LogP contribution in [0.4, 0.5) is 5.69 Å². The minimum absolute atomic E-state index is 0.0388. The van der Waals surface area contributed by atoms with E-state index in [2.05, 4.69) is 4.98 Å². The number of nitro groups is 1. The van der Waals surface area contributed by atoms with Gasteiger partial charge in [0.1, 0.15) is 0 Å². The Bertz CT molecular complexity index is 920. The van der Waals surface area contributed by atoms with Crippen LogP contribution in [0, 0.1) is 10.1 Å². The molecule has 1 N–H and O–H groups in total.